The van der Waals surface area contributed by atoms with Crippen LogP contribution in [0.5, 0.6) is 0 Å². The molecular formula is C28H28N4O2. The van der Waals surface area contributed by atoms with Crippen molar-refractivity contribution in [3.8, 4) is 0 Å². The van der Waals surface area contributed by atoms with Crippen molar-refractivity contribution in [1.29, 1.82) is 0 Å². The lowest BCUT2D eigenvalue weighted by molar-refractivity contribution is -0.133. The maximum absolute atomic E-state index is 13.8. The Morgan fingerprint density at radius 3 is 2.24 bits per heavy atom. The van der Waals surface area contributed by atoms with Gasteiger partial charge in [-0.25, -0.2) is 4.98 Å². The largest absolute Gasteiger partial charge is 0.350 e. The molecule has 4 aromatic rings. The zero-order valence-electron chi connectivity index (χ0n) is 19.7. The number of imidazole rings is 1. The molecule has 1 aliphatic rings. The second-order valence-corrected chi connectivity index (χ2v) is 9.33. The summed E-state index contributed by atoms with van der Waals surface area (Å²) in [5.41, 5.74) is 4.84. The average Bonchev–Trinajstić information content (AvgIpc) is 3.21. The van der Waals surface area contributed by atoms with Gasteiger partial charge in [-0.05, 0) is 44.0 Å². The number of aromatic nitrogens is 2. The fraction of sp³-hybridized carbons (Fsp3) is 0.250. The molecule has 1 N–H and O–H groups in total. The number of amides is 2. The number of rotatable bonds is 5. The molecule has 0 spiro atoms. The Kier molecular flexibility index (Phi) is 5.44. The third-order valence-electron chi connectivity index (χ3n) is 6.68. The lowest BCUT2D eigenvalue weighted by atomic mass is 9.94. The molecule has 0 unspecified atom stereocenters. The van der Waals surface area contributed by atoms with E-state index in [1.165, 1.54) is 5.56 Å². The van der Waals surface area contributed by atoms with E-state index in [0.717, 1.165) is 27.7 Å². The van der Waals surface area contributed by atoms with E-state index in [2.05, 4.69) is 10.3 Å². The first-order chi connectivity index (χ1) is 16.3. The van der Waals surface area contributed by atoms with E-state index < -0.39 is 5.54 Å². The quantitative estimate of drug-likeness (QED) is 0.489. The number of carbonyl (C=O) groups is 2. The SMILES string of the molecule is Cc1ccc(CNC(=O)[C@]2(C)Cn3c(nc4ccccc43)C(=O)N2Cc2ccc(C)cc2)cc1. The number of hydrogen-bond donors (Lipinski definition) is 1. The molecule has 1 aromatic heterocycles. The molecule has 1 aliphatic heterocycles. The molecule has 1 atom stereocenters. The number of hydrogen-bond acceptors (Lipinski definition) is 3. The van der Waals surface area contributed by atoms with Crippen molar-refractivity contribution < 1.29 is 9.59 Å². The van der Waals surface area contributed by atoms with Gasteiger partial charge in [-0.1, -0.05) is 71.8 Å². The third-order valence-corrected chi connectivity index (χ3v) is 6.68. The van der Waals surface area contributed by atoms with Gasteiger partial charge >= 0.3 is 0 Å². The second kappa shape index (κ2) is 8.45. The Morgan fingerprint density at radius 2 is 1.56 bits per heavy atom. The van der Waals surface area contributed by atoms with Crippen LogP contribution in [0.25, 0.3) is 11.0 Å². The van der Waals surface area contributed by atoms with Crippen molar-refractivity contribution in [2.45, 2.75) is 45.9 Å². The second-order valence-electron chi connectivity index (χ2n) is 9.33. The molecule has 3 aromatic carbocycles. The van der Waals surface area contributed by atoms with Gasteiger partial charge in [0.05, 0.1) is 17.6 Å². The minimum absolute atomic E-state index is 0.183. The summed E-state index contributed by atoms with van der Waals surface area (Å²) >= 11 is 0. The van der Waals surface area contributed by atoms with Crippen LogP contribution in [-0.4, -0.2) is 31.8 Å². The van der Waals surface area contributed by atoms with E-state index >= 15 is 0 Å². The molecule has 0 radical (unpaired) electrons. The van der Waals surface area contributed by atoms with Gasteiger partial charge in [0.25, 0.3) is 5.91 Å². The number of benzene rings is 3. The van der Waals surface area contributed by atoms with Crippen LogP contribution in [0.15, 0.2) is 72.8 Å². The molecule has 2 heterocycles. The maximum atomic E-state index is 13.8. The Balaban J connectivity index is 1.51. The summed E-state index contributed by atoms with van der Waals surface area (Å²) in [5, 5.41) is 3.08. The molecule has 0 aliphatic carbocycles. The van der Waals surface area contributed by atoms with Crippen molar-refractivity contribution in [2.24, 2.45) is 0 Å². The van der Waals surface area contributed by atoms with E-state index in [1.54, 1.807) is 4.90 Å². The third kappa shape index (κ3) is 3.85. The van der Waals surface area contributed by atoms with Crippen molar-refractivity contribution in [2.75, 3.05) is 0 Å². The van der Waals surface area contributed by atoms with Crippen molar-refractivity contribution in [3.63, 3.8) is 0 Å². The lowest BCUT2D eigenvalue weighted by Gasteiger charge is -2.43. The van der Waals surface area contributed by atoms with E-state index in [4.69, 9.17) is 0 Å². The molecule has 6 heteroatoms. The number of aryl methyl sites for hydroxylation is 2. The summed E-state index contributed by atoms with van der Waals surface area (Å²) in [4.78, 5) is 33.7. The standard InChI is InChI=1S/C28H28N4O2/c1-19-8-12-21(13-9-19)16-29-27(34)28(3)18-31-24-7-5-4-6-23(24)30-25(31)26(33)32(28)17-22-14-10-20(2)11-15-22/h4-15H,16-18H2,1-3H3,(H,29,34)/t28-/m0/s1. The first-order valence-corrected chi connectivity index (χ1v) is 11.5. The maximum Gasteiger partial charge on any atom is 0.291 e. The molecule has 172 valence electrons. The first-order valence-electron chi connectivity index (χ1n) is 11.5. The number of nitrogens with one attached hydrogen (secondary N) is 1. The van der Waals surface area contributed by atoms with Gasteiger partial charge in [0, 0.05) is 13.1 Å². The lowest BCUT2D eigenvalue weighted by Crippen LogP contribution is -2.63. The zero-order chi connectivity index (χ0) is 23.9. The molecule has 34 heavy (non-hydrogen) atoms. The molecule has 0 saturated heterocycles. The number of para-hydroxylation sites is 2. The molecule has 5 rings (SSSR count). The number of nitrogens with zero attached hydrogens (tertiary/aromatic N) is 3. The van der Waals surface area contributed by atoms with Crippen LogP contribution < -0.4 is 5.32 Å². The molecule has 0 saturated carbocycles. The van der Waals surface area contributed by atoms with Crippen molar-refractivity contribution in [1.82, 2.24) is 19.8 Å². The molecule has 0 fully saturated rings. The molecular weight excluding hydrogens is 424 g/mol. The predicted molar refractivity (Wildman–Crippen MR) is 132 cm³/mol. The van der Waals surface area contributed by atoms with Gasteiger partial charge < -0.3 is 14.8 Å². The van der Waals surface area contributed by atoms with Crippen molar-refractivity contribution >= 4 is 22.8 Å². The van der Waals surface area contributed by atoms with E-state index in [1.807, 2.05) is 98.1 Å². The van der Waals surface area contributed by atoms with Crippen LogP contribution >= 0.6 is 0 Å². The number of fused-ring (bicyclic) bond motifs is 3. The van der Waals surface area contributed by atoms with Gasteiger partial charge in [0.15, 0.2) is 5.82 Å². The van der Waals surface area contributed by atoms with Crippen LogP contribution in [-0.2, 0) is 24.4 Å². The van der Waals surface area contributed by atoms with Gasteiger partial charge in [-0.3, -0.25) is 9.59 Å². The minimum atomic E-state index is -1.08. The van der Waals surface area contributed by atoms with E-state index in [9.17, 15) is 9.59 Å². The Morgan fingerprint density at radius 1 is 0.941 bits per heavy atom. The molecule has 2 amide bonds. The van der Waals surface area contributed by atoms with Crippen LogP contribution in [0.2, 0.25) is 0 Å². The molecule has 6 nitrogen and oxygen atoms in total. The average molecular weight is 453 g/mol. The predicted octanol–water partition coefficient (Wildman–Crippen LogP) is 4.38. The van der Waals surface area contributed by atoms with Crippen LogP contribution in [0.4, 0.5) is 0 Å². The Labute approximate surface area is 199 Å². The number of carbonyl (C=O) groups excluding carboxylic acids is 2. The van der Waals surface area contributed by atoms with Gasteiger partial charge in [0.2, 0.25) is 5.91 Å². The first kappa shape index (κ1) is 21.9. The summed E-state index contributed by atoms with van der Waals surface area (Å²) in [5.74, 6) is -0.0508. The molecule has 0 bridgehead atoms. The highest BCUT2D eigenvalue weighted by Gasteiger charge is 2.48. The summed E-state index contributed by atoms with van der Waals surface area (Å²) in [6, 6.07) is 23.8. The van der Waals surface area contributed by atoms with Gasteiger partial charge in [-0.15, -0.1) is 0 Å². The summed E-state index contributed by atoms with van der Waals surface area (Å²) in [6.45, 7) is 6.98. The highest BCUT2D eigenvalue weighted by Crippen LogP contribution is 2.32. The summed E-state index contributed by atoms with van der Waals surface area (Å²) in [7, 11) is 0. The van der Waals surface area contributed by atoms with E-state index in [0.29, 0.717) is 25.5 Å². The van der Waals surface area contributed by atoms with Crippen LogP contribution in [0.1, 0.15) is 39.8 Å². The summed E-state index contributed by atoms with van der Waals surface area (Å²) in [6.07, 6.45) is 0. The normalized spacial score (nSPS) is 17.6. The Bertz CT molecular complexity index is 1370. The fourth-order valence-electron chi connectivity index (χ4n) is 4.53. The fourth-order valence-corrected chi connectivity index (χ4v) is 4.53. The van der Waals surface area contributed by atoms with Crippen molar-refractivity contribution in [3.05, 3.63) is 101 Å². The monoisotopic (exact) mass is 452 g/mol. The van der Waals surface area contributed by atoms with E-state index in [-0.39, 0.29) is 11.8 Å². The van der Waals surface area contributed by atoms with Crippen LogP contribution in [0, 0.1) is 13.8 Å². The minimum Gasteiger partial charge on any atom is -0.350 e. The smallest absolute Gasteiger partial charge is 0.291 e. The van der Waals surface area contributed by atoms with Gasteiger partial charge in [0.1, 0.15) is 5.54 Å². The highest BCUT2D eigenvalue weighted by atomic mass is 16.2. The van der Waals surface area contributed by atoms with Crippen LogP contribution in [0.3, 0.4) is 0 Å². The zero-order valence-corrected chi connectivity index (χ0v) is 19.7. The Hall–Kier alpha value is -3.93. The summed E-state index contributed by atoms with van der Waals surface area (Å²) < 4.78 is 1.88. The highest BCUT2D eigenvalue weighted by molar-refractivity contribution is 6.01. The topological polar surface area (TPSA) is 67.2 Å². The van der Waals surface area contributed by atoms with Gasteiger partial charge in [-0.2, -0.15) is 0 Å².